The molecule has 0 atom stereocenters. The number of hydrogen-bond acceptors (Lipinski definition) is 5. The summed E-state index contributed by atoms with van der Waals surface area (Å²) < 4.78 is 0. The molecule has 0 bridgehead atoms. The minimum absolute atomic E-state index is 0.269. The molecular weight excluding hydrogens is 388 g/mol. The van der Waals surface area contributed by atoms with Crippen molar-refractivity contribution in [3.8, 4) is 0 Å². The van der Waals surface area contributed by atoms with Gasteiger partial charge in [-0.1, -0.05) is 6.07 Å². The summed E-state index contributed by atoms with van der Waals surface area (Å²) in [4.78, 5) is 36.3. The minimum atomic E-state index is -0.269. The van der Waals surface area contributed by atoms with Crippen LogP contribution in [0.25, 0.3) is 0 Å². The second-order valence-electron chi connectivity index (χ2n) is 7.46. The van der Waals surface area contributed by atoms with E-state index in [-0.39, 0.29) is 11.8 Å². The Morgan fingerprint density at radius 1 is 0.893 bits per heavy atom. The zero-order chi connectivity index (χ0) is 19.3. The molecule has 4 nitrogen and oxygen atoms in total. The van der Waals surface area contributed by atoms with Crippen molar-refractivity contribution in [2.45, 2.75) is 45.4 Å². The molecule has 0 unspecified atom stereocenters. The number of nitrogens with zero attached hydrogens (tertiary/aromatic N) is 2. The van der Waals surface area contributed by atoms with E-state index in [1.54, 1.807) is 12.3 Å². The van der Waals surface area contributed by atoms with E-state index in [0.29, 0.717) is 15.6 Å². The second kappa shape index (κ2) is 6.94. The van der Waals surface area contributed by atoms with Gasteiger partial charge < -0.3 is 0 Å². The molecule has 2 amide bonds. The molecule has 0 radical (unpaired) electrons. The normalized spacial score (nSPS) is 14.8. The van der Waals surface area contributed by atoms with E-state index < -0.39 is 0 Å². The highest BCUT2D eigenvalue weighted by Gasteiger charge is 2.31. The first-order chi connectivity index (χ1) is 13.6. The molecule has 0 N–H and O–H groups in total. The number of amides is 2. The molecular formula is C22H20N2O2S2. The number of carbonyl (C=O) groups is 2. The van der Waals surface area contributed by atoms with Crippen molar-refractivity contribution in [3.05, 3.63) is 66.7 Å². The first-order valence-corrected chi connectivity index (χ1v) is 11.3. The highest BCUT2D eigenvalue weighted by Crippen LogP contribution is 2.34. The number of anilines is 1. The van der Waals surface area contributed by atoms with Crippen molar-refractivity contribution in [1.82, 2.24) is 4.98 Å². The van der Waals surface area contributed by atoms with Gasteiger partial charge in [-0.2, -0.15) is 0 Å². The molecule has 0 spiro atoms. The molecule has 2 aliphatic carbocycles. The van der Waals surface area contributed by atoms with Gasteiger partial charge in [0, 0.05) is 16.0 Å². The quantitative estimate of drug-likeness (QED) is 0.575. The lowest BCUT2D eigenvalue weighted by molar-refractivity contribution is 0.0901. The number of rotatable bonds is 3. The molecule has 0 aliphatic heterocycles. The number of carbonyl (C=O) groups excluding carboxylic acids is 2. The van der Waals surface area contributed by atoms with Crippen molar-refractivity contribution < 1.29 is 9.59 Å². The predicted octanol–water partition coefficient (Wildman–Crippen LogP) is 4.98. The van der Waals surface area contributed by atoms with Crippen LogP contribution in [0.1, 0.15) is 58.6 Å². The van der Waals surface area contributed by atoms with Gasteiger partial charge in [0.25, 0.3) is 11.8 Å². The minimum Gasteiger partial charge on any atom is -0.267 e. The van der Waals surface area contributed by atoms with Crippen molar-refractivity contribution in [3.63, 3.8) is 0 Å². The van der Waals surface area contributed by atoms with E-state index in [2.05, 4.69) is 4.98 Å². The lowest BCUT2D eigenvalue weighted by Gasteiger charge is -2.19. The van der Waals surface area contributed by atoms with Crippen LogP contribution in [-0.4, -0.2) is 16.8 Å². The van der Waals surface area contributed by atoms with E-state index in [0.717, 1.165) is 44.1 Å². The van der Waals surface area contributed by atoms with Crippen molar-refractivity contribution in [2.24, 2.45) is 0 Å². The molecule has 0 aromatic carbocycles. The number of imide groups is 1. The number of aryl methyl sites for hydroxylation is 5. The summed E-state index contributed by atoms with van der Waals surface area (Å²) in [7, 11) is 0. The first-order valence-electron chi connectivity index (χ1n) is 9.65. The highest BCUT2D eigenvalue weighted by atomic mass is 32.1. The maximum atomic E-state index is 13.4. The Labute approximate surface area is 171 Å². The highest BCUT2D eigenvalue weighted by molar-refractivity contribution is 7.15. The third kappa shape index (κ3) is 3.01. The van der Waals surface area contributed by atoms with Crippen LogP contribution in [0.15, 0.2) is 30.5 Å². The molecule has 3 aromatic rings. The molecule has 142 valence electrons. The van der Waals surface area contributed by atoms with Crippen LogP contribution in [0, 0.1) is 6.92 Å². The first kappa shape index (κ1) is 17.8. The van der Waals surface area contributed by atoms with Gasteiger partial charge in [-0.05, 0) is 80.3 Å². The van der Waals surface area contributed by atoms with Gasteiger partial charge in [-0.3, -0.25) is 9.59 Å². The van der Waals surface area contributed by atoms with E-state index in [1.165, 1.54) is 48.5 Å². The molecule has 3 aromatic heterocycles. The molecule has 6 heteroatoms. The van der Waals surface area contributed by atoms with Crippen LogP contribution in [-0.2, 0) is 25.7 Å². The molecule has 28 heavy (non-hydrogen) atoms. The van der Waals surface area contributed by atoms with Gasteiger partial charge in [0.1, 0.15) is 5.82 Å². The third-order valence-electron chi connectivity index (χ3n) is 5.45. The molecule has 5 rings (SSSR count). The number of pyridine rings is 1. The fourth-order valence-corrected chi connectivity index (χ4v) is 6.35. The summed E-state index contributed by atoms with van der Waals surface area (Å²) in [6, 6.07) is 7.59. The summed E-state index contributed by atoms with van der Waals surface area (Å²) in [5.74, 6) is -0.147. The van der Waals surface area contributed by atoms with E-state index in [4.69, 9.17) is 0 Å². The number of thiophene rings is 2. The fourth-order valence-electron chi connectivity index (χ4n) is 3.98. The van der Waals surface area contributed by atoms with Crippen molar-refractivity contribution in [1.29, 1.82) is 0 Å². The summed E-state index contributed by atoms with van der Waals surface area (Å²) in [6.45, 7) is 1.94. The van der Waals surface area contributed by atoms with Crippen LogP contribution in [0.3, 0.4) is 0 Å². The van der Waals surface area contributed by atoms with Crippen molar-refractivity contribution in [2.75, 3.05) is 4.90 Å². The van der Waals surface area contributed by atoms with Crippen LogP contribution < -0.4 is 4.90 Å². The Bertz CT molecular complexity index is 971. The van der Waals surface area contributed by atoms with Gasteiger partial charge in [-0.15, -0.1) is 22.7 Å². The Morgan fingerprint density at radius 3 is 1.93 bits per heavy atom. The molecule has 0 saturated heterocycles. The summed E-state index contributed by atoms with van der Waals surface area (Å²) in [5.41, 5.74) is 3.51. The SMILES string of the molecule is Cc1ccc(N(C(=O)c2cc3c(s2)CCC3)C(=O)c2cc3c(s2)CCC3)nc1. The van der Waals surface area contributed by atoms with Crippen LogP contribution >= 0.6 is 22.7 Å². The smallest absolute Gasteiger partial charge is 0.267 e. The van der Waals surface area contributed by atoms with E-state index >= 15 is 0 Å². The Balaban J connectivity index is 1.54. The maximum Gasteiger partial charge on any atom is 0.276 e. The Kier molecular flexibility index (Phi) is 4.40. The Hall–Kier alpha value is -2.31. The third-order valence-corrected chi connectivity index (χ3v) is 7.90. The monoisotopic (exact) mass is 408 g/mol. The van der Waals surface area contributed by atoms with E-state index in [1.807, 2.05) is 25.1 Å². The molecule has 3 heterocycles. The Morgan fingerprint density at radius 2 is 1.46 bits per heavy atom. The predicted molar refractivity (Wildman–Crippen MR) is 113 cm³/mol. The second-order valence-corrected chi connectivity index (χ2v) is 9.74. The fraction of sp³-hybridized carbons (Fsp3) is 0.318. The van der Waals surface area contributed by atoms with Gasteiger partial charge in [-0.25, -0.2) is 9.88 Å². The maximum absolute atomic E-state index is 13.4. The van der Waals surface area contributed by atoms with Crippen LogP contribution in [0.5, 0.6) is 0 Å². The topological polar surface area (TPSA) is 50.3 Å². The zero-order valence-corrected chi connectivity index (χ0v) is 17.3. The summed E-state index contributed by atoms with van der Waals surface area (Å²) in [6.07, 6.45) is 8.10. The average Bonchev–Trinajstić information content (AvgIpc) is 3.42. The van der Waals surface area contributed by atoms with Gasteiger partial charge in [0.2, 0.25) is 0 Å². The van der Waals surface area contributed by atoms with Crippen LogP contribution in [0.2, 0.25) is 0 Å². The summed E-state index contributed by atoms with van der Waals surface area (Å²) in [5, 5.41) is 0. The molecule has 0 fully saturated rings. The number of hydrogen-bond donors (Lipinski definition) is 0. The van der Waals surface area contributed by atoms with Gasteiger partial charge in [0.05, 0.1) is 9.75 Å². The van der Waals surface area contributed by atoms with Crippen LogP contribution in [0.4, 0.5) is 5.82 Å². The zero-order valence-electron chi connectivity index (χ0n) is 15.7. The standard InChI is InChI=1S/C22H20N2O2S2/c1-13-8-9-20(23-12-13)24(21(25)18-10-14-4-2-6-16(14)27-18)22(26)19-11-15-5-3-7-17(15)28-19/h8-12H,2-7H2,1H3. The lowest BCUT2D eigenvalue weighted by Crippen LogP contribution is -2.37. The number of aromatic nitrogens is 1. The lowest BCUT2D eigenvalue weighted by atomic mass is 10.2. The van der Waals surface area contributed by atoms with Gasteiger partial charge in [0.15, 0.2) is 0 Å². The average molecular weight is 409 g/mol. The number of fused-ring (bicyclic) bond motifs is 2. The van der Waals surface area contributed by atoms with Gasteiger partial charge >= 0.3 is 0 Å². The summed E-state index contributed by atoms with van der Waals surface area (Å²) >= 11 is 3.05. The largest absolute Gasteiger partial charge is 0.276 e. The molecule has 2 aliphatic rings. The molecule has 0 saturated carbocycles. The van der Waals surface area contributed by atoms with Crippen molar-refractivity contribution >= 4 is 40.3 Å². The van der Waals surface area contributed by atoms with E-state index in [9.17, 15) is 9.59 Å².